The van der Waals surface area contributed by atoms with Gasteiger partial charge in [0.2, 0.25) is 0 Å². The first kappa shape index (κ1) is 13.7. The normalized spacial score (nSPS) is 27.4. The smallest absolute Gasteiger partial charge is 0.151 e. The molecule has 2 heterocycles. The number of hydrogen-bond donors (Lipinski definition) is 1. The van der Waals surface area contributed by atoms with E-state index in [1.165, 1.54) is 56.5 Å². The van der Waals surface area contributed by atoms with Gasteiger partial charge in [-0.3, -0.25) is 0 Å². The minimum atomic E-state index is 0.630. The van der Waals surface area contributed by atoms with Crippen LogP contribution >= 0.6 is 0 Å². The summed E-state index contributed by atoms with van der Waals surface area (Å²) in [5.74, 6) is 2.07. The number of hydrogen-bond acceptors (Lipinski definition) is 3. The molecule has 1 aliphatic heterocycles. The van der Waals surface area contributed by atoms with Crippen molar-refractivity contribution in [2.45, 2.75) is 57.9 Å². The van der Waals surface area contributed by atoms with Crippen LogP contribution in [0.5, 0.6) is 0 Å². The van der Waals surface area contributed by atoms with E-state index in [2.05, 4.69) is 34.3 Å². The van der Waals surface area contributed by atoms with Gasteiger partial charge in [0.15, 0.2) is 5.82 Å². The molecular weight excluding hydrogens is 246 g/mol. The van der Waals surface area contributed by atoms with Crippen molar-refractivity contribution >= 4 is 11.5 Å². The molecule has 3 rings (SSSR count). The molecule has 1 aliphatic carbocycles. The highest BCUT2D eigenvalue weighted by Gasteiger charge is 2.20. The Kier molecular flexibility index (Phi) is 4.44. The first-order valence-electron chi connectivity index (χ1n) is 8.29. The fourth-order valence-electron chi connectivity index (χ4n) is 3.54. The average Bonchev–Trinajstić information content (AvgIpc) is 2.91. The second-order valence-electron chi connectivity index (χ2n) is 6.52. The van der Waals surface area contributed by atoms with E-state index >= 15 is 0 Å². The average molecular weight is 273 g/mol. The monoisotopic (exact) mass is 273 g/mol. The van der Waals surface area contributed by atoms with Crippen molar-refractivity contribution in [3.63, 3.8) is 0 Å². The van der Waals surface area contributed by atoms with E-state index in [1.807, 2.05) is 6.20 Å². The van der Waals surface area contributed by atoms with Crippen molar-refractivity contribution in [2.75, 3.05) is 23.3 Å². The predicted molar refractivity (Wildman–Crippen MR) is 85.3 cm³/mol. The highest BCUT2D eigenvalue weighted by atomic mass is 15.2. The Bertz CT molecular complexity index is 426. The molecule has 1 saturated carbocycles. The molecule has 1 aromatic heterocycles. The van der Waals surface area contributed by atoms with E-state index in [0.29, 0.717) is 6.04 Å². The predicted octanol–water partition coefficient (Wildman–Crippen LogP) is 4.06. The Morgan fingerprint density at radius 3 is 2.80 bits per heavy atom. The van der Waals surface area contributed by atoms with Crippen LogP contribution in [0.25, 0.3) is 0 Å². The minimum Gasteiger partial charge on any atom is -0.379 e. The maximum atomic E-state index is 4.63. The van der Waals surface area contributed by atoms with E-state index in [9.17, 15) is 0 Å². The Balaban J connectivity index is 1.70. The van der Waals surface area contributed by atoms with Crippen molar-refractivity contribution in [2.24, 2.45) is 5.92 Å². The number of rotatable bonds is 3. The maximum absolute atomic E-state index is 4.63. The summed E-state index contributed by atoms with van der Waals surface area (Å²) in [5.41, 5.74) is 1.24. The van der Waals surface area contributed by atoms with E-state index in [-0.39, 0.29) is 0 Å². The summed E-state index contributed by atoms with van der Waals surface area (Å²) in [6, 6.07) is 4.89. The maximum Gasteiger partial charge on any atom is 0.151 e. The lowest BCUT2D eigenvalue weighted by Gasteiger charge is -2.24. The largest absolute Gasteiger partial charge is 0.379 e. The van der Waals surface area contributed by atoms with Gasteiger partial charge >= 0.3 is 0 Å². The molecule has 0 spiro atoms. The number of nitrogens with zero attached hydrogens (tertiary/aromatic N) is 2. The summed E-state index contributed by atoms with van der Waals surface area (Å²) in [4.78, 5) is 7.06. The molecule has 0 aromatic carbocycles. The third kappa shape index (κ3) is 3.25. The molecule has 0 radical (unpaired) electrons. The fraction of sp³-hybridized carbons (Fsp3) is 0.706. The van der Waals surface area contributed by atoms with E-state index < -0.39 is 0 Å². The highest BCUT2D eigenvalue weighted by Crippen LogP contribution is 2.30. The van der Waals surface area contributed by atoms with Crippen LogP contribution in [0.3, 0.4) is 0 Å². The third-order valence-electron chi connectivity index (χ3n) is 4.81. The van der Waals surface area contributed by atoms with Crippen LogP contribution in [0.4, 0.5) is 11.5 Å². The summed E-state index contributed by atoms with van der Waals surface area (Å²) in [7, 11) is 0. The van der Waals surface area contributed by atoms with Crippen molar-refractivity contribution in [1.29, 1.82) is 0 Å². The lowest BCUT2D eigenvalue weighted by molar-refractivity contribution is 0.502. The molecule has 3 heteroatoms. The van der Waals surface area contributed by atoms with Gasteiger partial charge in [-0.25, -0.2) is 4.98 Å². The highest BCUT2D eigenvalue weighted by molar-refractivity contribution is 5.66. The van der Waals surface area contributed by atoms with Crippen molar-refractivity contribution < 1.29 is 0 Å². The lowest BCUT2D eigenvalue weighted by atomic mass is 10.0. The molecule has 20 heavy (non-hydrogen) atoms. The molecule has 3 nitrogen and oxygen atoms in total. The Hall–Kier alpha value is -1.25. The second kappa shape index (κ2) is 6.47. The zero-order chi connectivity index (χ0) is 13.8. The quantitative estimate of drug-likeness (QED) is 0.842. The summed E-state index contributed by atoms with van der Waals surface area (Å²) >= 11 is 0. The summed E-state index contributed by atoms with van der Waals surface area (Å²) in [6.45, 7) is 4.71. The van der Waals surface area contributed by atoms with Crippen LogP contribution in [0.15, 0.2) is 18.3 Å². The summed E-state index contributed by atoms with van der Waals surface area (Å²) < 4.78 is 0. The molecule has 110 valence electrons. The molecule has 2 aliphatic rings. The van der Waals surface area contributed by atoms with Crippen molar-refractivity contribution in [1.82, 2.24) is 4.98 Å². The van der Waals surface area contributed by atoms with Gasteiger partial charge in [-0.05, 0) is 50.2 Å². The number of aromatic nitrogens is 1. The molecule has 0 bridgehead atoms. The summed E-state index contributed by atoms with van der Waals surface area (Å²) in [5, 5.41) is 3.78. The van der Waals surface area contributed by atoms with Gasteiger partial charge in [-0.2, -0.15) is 0 Å². The SMILES string of the molecule is CC1CCCC(Nc2cccnc2N2CCCC2)CC1. The van der Waals surface area contributed by atoms with E-state index in [4.69, 9.17) is 0 Å². The van der Waals surface area contributed by atoms with Crippen LogP contribution in [0.1, 0.15) is 51.9 Å². The molecule has 1 aromatic rings. The van der Waals surface area contributed by atoms with Crippen LogP contribution < -0.4 is 10.2 Å². The van der Waals surface area contributed by atoms with Crippen LogP contribution in [-0.2, 0) is 0 Å². The van der Waals surface area contributed by atoms with Gasteiger partial charge in [0.05, 0.1) is 5.69 Å². The van der Waals surface area contributed by atoms with Gasteiger partial charge in [0, 0.05) is 25.3 Å². The van der Waals surface area contributed by atoms with Crippen molar-refractivity contribution in [3.05, 3.63) is 18.3 Å². The lowest BCUT2D eigenvalue weighted by Crippen LogP contribution is -2.24. The van der Waals surface area contributed by atoms with Gasteiger partial charge in [0.1, 0.15) is 0 Å². The minimum absolute atomic E-state index is 0.630. The van der Waals surface area contributed by atoms with E-state index in [1.54, 1.807) is 0 Å². The van der Waals surface area contributed by atoms with Gasteiger partial charge in [-0.1, -0.05) is 19.8 Å². The standard InChI is InChI=1S/C17H27N3/c1-14-6-4-7-15(10-9-14)19-16-8-5-11-18-17(16)20-12-2-3-13-20/h5,8,11,14-15,19H,2-4,6-7,9-10,12-13H2,1H3. The molecule has 2 unspecified atom stereocenters. The molecule has 0 amide bonds. The van der Waals surface area contributed by atoms with Crippen LogP contribution in [0, 0.1) is 5.92 Å². The number of pyridine rings is 1. The molecule has 2 fully saturated rings. The third-order valence-corrected chi connectivity index (χ3v) is 4.81. The molecule has 1 N–H and O–H groups in total. The first-order chi connectivity index (χ1) is 9.83. The fourth-order valence-corrected chi connectivity index (χ4v) is 3.54. The van der Waals surface area contributed by atoms with Gasteiger partial charge in [-0.15, -0.1) is 0 Å². The second-order valence-corrected chi connectivity index (χ2v) is 6.52. The number of anilines is 2. The first-order valence-corrected chi connectivity index (χ1v) is 8.29. The van der Waals surface area contributed by atoms with Crippen molar-refractivity contribution in [3.8, 4) is 0 Å². The zero-order valence-electron chi connectivity index (χ0n) is 12.6. The Morgan fingerprint density at radius 1 is 1.10 bits per heavy atom. The molecule has 1 saturated heterocycles. The Morgan fingerprint density at radius 2 is 1.95 bits per heavy atom. The van der Waals surface area contributed by atoms with Gasteiger partial charge < -0.3 is 10.2 Å². The molecule has 2 atom stereocenters. The molecular formula is C17H27N3. The number of nitrogens with one attached hydrogen (secondary N) is 1. The van der Waals surface area contributed by atoms with Crippen LogP contribution in [-0.4, -0.2) is 24.1 Å². The topological polar surface area (TPSA) is 28.2 Å². The summed E-state index contributed by atoms with van der Waals surface area (Å²) in [6.07, 6.45) is 11.2. The van der Waals surface area contributed by atoms with Gasteiger partial charge in [0.25, 0.3) is 0 Å². The zero-order valence-corrected chi connectivity index (χ0v) is 12.6. The Labute approximate surface area is 122 Å². The van der Waals surface area contributed by atoms with Crippen LogP contribution in [0.2, 0.25) is 0 Å². The van der Waals surface area contributed by atoms with E-state index in [0.717, 1.165) is 19.0 Å².